The average molecular weight is 430 g/mol. The van der Waals surface area contributed by atoms with Crippen molar-refractivity contribution in [3.05, 3.63) is 96.4 Å². The van der Waals surface area contributed by atoms with Crippen molar-refractivity contribution in [3.63, 3.8) is 0 Å². The molecule has 166 valence electrons. The van der Waals surface area contributed by atoms with E-state index in [1.165, 1.54) is 16.8 Å². The van der Waals surface area contributed by atoms with Gasteiger partial charge in [0, 0.05) is 44.1 Å². The number of nitrogens with zero attached hydrogens (tertiary/aromatic N) is 2. The fourth-order valence-corrected chi connectivity index (χ4v) is 4.19. The highest BCUT2D eigenvalue weighted by Gasteiger charge is 2.24. The molecule has 2 aliphatic rings. The van der Waals surface area contributed by atoms with Crippen LogP contribution in [0.2, 0.25) is 0 Å². The number of rotatable bonds is 7. The van der Waals surface area contributed by atoms with Gasteiger partial charge in [0.1, 0.15) is 5.75 Å². The Kier molecular flexibility index (Phi) is 7.41. The maximum atomic E-state index is 12.4. The molecule has 2 aliphatic heterocycles. The first kappa shape index (κ1) is 21.9. The van der Waals surface area contributed by atoms with Crippen molar-refractivity contribution in [2.75, 3.05) is 31.6 Å². The molecule has 0 spiro atoms. The van der Waals surface area contributed by atoms with Crippen molar-refractivity contribution in [2.45, 2.75) is 25.3 Å². The minimum absolute atomic E-state index is 0.126. The molecule has 2 aromatic rings. The van der Waals surface area contributed by atoms with Gasteiger partial charge in [-0.3, -0.25) is 9.69 Å². The first-order chi connectivity index (χ1) is 15.7. The molecule has 0 aromatic heterocycles. The minimum Gasteiger partial charge on any atom is -0.497 e. The highest BCUT2D eigenvalue weighted by atomic mass is 16.5. The molecule has 4 rings (SSSR count). The molecule has 1 amide bonds. The number of hydrogen-bond donors (Lipinski definition) is 1. The highest BCUT2D eigenvalue weighted by Crippen LogP contribution is 2.29. The molecule has 5 nitrogen and oxygen atoms in total. The van der Waals surface area contributed by atoms with Crippen LogP contribution in [0.4, 0.5) is 5.69 Å². The molecule has 32 heavy (non-hydrogen) atoms. The summed E-state index contributed by atoms with van der Waals surface area (Å²) in [5.41, 5.74) is 3.79. The summed E-state index contributed by atoms with van der Waals surface area (Å²) in [5.74, 6) is 1.01. The van der Waals surface area contributed by atoms with Crippen LogP contribution in [0.1, 0.15) is 30.0 Å². The molecule has 5 heteroatoms. The predicted molar refractivity (Wildman–Crippen MR) is 130 cm³/mol. The van der Waals surface area contributed by atoms with Gasteiger partial charge < -0.3 is 15.0 Å². The Bertz CT molecular complexity index is 961. The molecule has 1 fully saturated rings. The van der Waals surface area contributed by atoms with Crippen LogP contribution in [0.3, 0.4) is 0 Å². The van der Waals surface area contributed by atoms with Gasteiger partial charge in [-0.05, 0) is 60.4 Å². The number of carbonyl (C=O) groups is 1. The van der Waals surface area contributed by atoms with E-state index in [2.05, 4.69) is 46.6 Å². The Balaban J connectivity index is 1.35. The molecule has 0 bridgehead atoms. The topological polar surface area (TPSA) is 44.8 Å². The summed E-state index contributed by atoms with van der Waals surface area (Å²) >= 11 is 0. The van der Waals surface area contributed by atoms with Crippen molar-refractivity contribution >= 4 is 11.6 Å². The molecule has 1 saturated heterocycles. The maximum Gasteiger partial charge on any atom is 0.230 e. The third-order valence-corrected chi connectivity index (χ3v) is 5.98. The third-order valence-electron chi connectivity index (χ3n) is 5.98. The van der Waals surface area contributed by atoms with Crippen LogP contribution in [0, 0.1) is 0 Å². The Morgan fingerprint density at radius 3 is 2.41 bits per heavy atom. The second kappa shape index (κ2) is 10.8. The fourth-order valence-electron chi connectivity index (χ4n) is 4.19. The molecule has 0 radical (unpaired) electrons. The predicted octanol–water partition coefficient (Wildman–Crippen LogP) is 4.59. The second-order valence-electron chi connectivity index (χ2n) is 8.08. The van der Waals surface area contributed by atoms with Gasteiger partial charge in [0.2, 0.25) is 5.91 Å². The molecule has 1 atom stereocenters. The number of aryl methyl sites for hydroxylation is 1. The van der Waals surface area contributed by atoms with Crippen LogP contribution in [0.15, 0.2) is 85.2 Å². The molecule has 1 N–H and O–H groups in total. The van der Waals surface area contributed by atoms with Crippen LogP contribution >= 0.6 is 0 Å². The van der Waals surface area contributed by atoms with E-state index in [1.807, 2.05) is 48.8 Å². The van der Waals surface area contributed by atoms with Gasteiger partial charge >= 0.3 is 0 Å². The van der Waals surface area contributed by atoms with E-state index in [9.17, 15) is 4.79 Å². The number of hydrogen-bond acceptors (Lipinski definition) is 4. The summed E-state index contributed by atoms with van der Waals surface area (Å²) in [7, 11) is 1.70. The largest absolute Gasteiger partial charge is 0.497 e. The first-order valence-corrected chi connectivity index (χ1v) is 11.3. The number of carbonyl (C=O) groups excluding carboxylic acids is 1. The van der Waals surface area contributed by atoms with Crippen LogP contribution in [0.5, 0.6) is 5.75 Å². The SMILES string of the molecule is COc1ccc(C2CNCCN2c2ccc(CCCC(=O)N3C=CC=CC=C3)cc2)cc1. The summed E-state index contributed by atoms with van der Waals surface area (Å²) in [4.78, 5) is 16.5. The smallest absolute Gasteiger partial charge is 0.230 e. The van der Waals surface area contributed by atoms with Crippen LogP contribution in [-0.2, 0) is 11.2 Å². The zero-order chi connectivity index (χ0) is 22.2. The number of amides is 1. The fraction of sp³-hybridized carbons (Fsp3) is 0.296. The van der Waals surface area contributed by atoms with Gasteiger partial charge in [-0.2, -0.15) is 0 Å². The molecule has 2 heterocycles. The lowest BCUT2D eigenvalue weighted by Gasteiger charge is -2.38. The monoisotopic (exact) mass is 429 g/mol. The molecular weight excluding hydrogens is 398 g/mol. The van der Waals surface area contributed by atoms with Crippen LogP contribution < -0.4 is 15.0 Å². The highest BCUT2D eigenvalue weighted by molar-refractivity contribution is 5.78. The zero-order valence-electron chi connectivity index (χ0n) is 18.6. The minimum atomic E-state index is 0.126. The van der Waals surface area contributed by atoms with Crippen molar-refractivity contribution in [1.82, 2.24) is 10.2 Å². The third kappa shape index (κ3) is 5.48. The molecular formula is C27H31N3O2. The van der Waals surface area contributed by atoms with Crippen LogP contribution in [0.25, 0.3) is 0 Å². The van der Waals surface area contributed by atoms with Gasteiger partial charge in [-0.25, -0.2) is 0 Å². The number of ether oxygens (including phenoxy) is 1. The number of anilines is 1. The second-order valence-corrected chi connectivity index (χ2v) is 8.08. The van der Waals surface area contributed by atoms with E-state index in [-0.39, 0.29) is 5.91 Å². The Labute approximate surface area is 190 Å². The van der Waals surface area contributed by atoms with Gasteiger partial charge in [0.15, 0.2) is 0 Å². The van der Waals surface area contributed by atoms with E-state index in [0.29, 0.717) is 12.5 Å². The zero-order valence-corrected chi connectivity index (χ0v) is 18.6. The van der Waals surface area contributed by atoms with Crippen molar-refractivity contribution in [1.29, 1.82) is 0 Å². The summed E-state index contributed by atoms with van der Waals surface area (Å²) in [6.07, 6.45) is 13.5. The molecule has 2 aromatic carbocycles. The normalized spacial score (nSPS) is 18.0. The van der Waals surface area contributed by atoms with Gasteiger partial charge in [0.05, 0.1) is 13.2 Å². The van der Waals surface area contributed by atoms with Gasteiger partial charge in [-0.1, -0.05) is 36.4 Å². The number of nitrogens with one attached hydrogen (secondary N) is 1. The van der Waals surface area contributed by atoms with E-state index in [4.69, 9.17) is 4.74 Å². The van der Waals surface area contributed by atoms with Gasteiger partial charge in [0.25, 0.3) is 0 Å². The lowest BCUT2D eigenvalue weighted by molar-refractivity contribution is -0.126. The van der Waals surface area contributed by atoms with Crippen LogP contribution in [-0.4, -0.2) is 37.6 Å². The maximum absolute atomic E-state index is 12.4. The Hall–Kier alpha value is -3.31. The molecule has 1 unspecified atom stereocenters. The summed E-state index contributed by atoms with van der Waals surface area (Å²) in [6.45, 7) is 2.87. The summed E-state index contributed by atoms with van der Waals surface area (Å²) in [5, 5.41) is 3.52. The van der Waals surface area contributed by atoms with E-state index < -0.39 is 0 Å². The van der Waals surface area contributed by atoms with E-state index in [1.54, 1.807) is 12.0 Å². The van der Waals surface area contributed by atoms with Crippen molar-refractivity contribution in [2.24, 2.45) is 0 Å². The molecule has 0 aliphatic carbocycles. The summed E-state index contributed by atoms with van der Waals surface area (Å²) < 4.78 is 5.31. The first-order valence-electron chi connectivity index (χ1n) is 11.3. The quantitative estimate of drug-likeness (QED) is 0.699. The number of methoxy groups -OCH3 is 1. The molecule has 0 saturated carbocycles. The van der Waals surface area contributed by atoms with Crippen molar-refractivity contribution < 1.29 is 9.53 Å². The number of benzene rings is 2. The average Bonchev–Trinajstić information content (AvgIpc) is 3.14. The number of allylic oxidation sites excluding steroid dienone is 4. The number of piperazine rings is 1. The lowest BCUT2D eigenvalue weighted by Crippen LogP contribution is -2.46. The van der Waals surface area contributed by atoms with E-state index in [0.717, 1.165) is 38.2 Å². The van der Waals surface area contributed by atoms with Gasteiger partial charge in [-0.15, -0.1) is 0 Å². The van der Waals surface area contributed by atoms with E-state index >= 15 is 0 Å². The van der Waals surface area contributed by atoms with Crippen molar-refractivity contribution in [3.8, 4) is 5.75 Å². The lowest BCUT2D eigenvalue weighted by atomic mass is 10.0. The summed E-state index contributed by atoms with van der Waals surface area (Å²) in [6, 6.07) is 17.5. The standard InChI is InChI=1S/C27H31N3O2/c1-32-25-15-11-23(12-16-25)26-21-28-17-20-30(26)24-13-9-22(10-14-24)7-6-8-27(31)29-18-4-2-3-5-19-29/h2-5,9-16,18-19,26,28H,6-8,17,20-21H2,1H3. The Morgan fingerprint density at radius 1 is 1.00 bits per heavy atom. The Morgan fingerprint density at radius 2 is 1.72 bits per heavy atom.